The van der Waals surface area contributed by atoms with E-state index >= 15 is 0 Å². The zero-order valence-corrected chi connectivity index (χ0v) is 9.56. The molecule has 0 bridgehead atoms. The van der Waals surface area contributed by atoms with Gasteiger partial charge in [-0.1, -0.05) is 15.9 Å². The van der Waals surface area contributed by atoms with Crippen LogP contribution in [-0.4, -0.2) is 20.9 Å². The van der Waals surface area contributed by atoms with Gasteiger partial charge in [0.2, 0.25) is 5.69 Å². The highest BCUT2D eigenvalue weighted by Gasteiger charge is 2.13. The van der Waals surface area contributed by atoms with Gasteiger partial charge in [-0.3, -0.25) is 9.59 Å². The number of nitrogens with zero attached hydrogens (tertiary/aromatic N) is 2. The van der Waals surface area contributed by atoms with Crippen molar-refractivity contribution in [2.75, 3.05) is 0 Å². The van der Waals surface area contributed by atoms with Crippen molar-refractivity contribution in [1.82, 2.24) is 15.0 Å². The van der Waals surface area contributed by atoms with Gasteiger partial charge < -0.3 is 5.73 Å². The lowest BCUT2D eigenvalue weighted by molar-refractivity contribution is 0.0994. The lowest BCUT2D eigenvalue weighted by atomic mass is 10.3. The second-order valence-corrected chi connectivity index (χ2v) is 3.96. The van der Waals surface area contributed by atoms with Crippen molar-refractivity contribution < 1.29 is 4.79 Å². The van der Waals surface area contributed by atoms with Crippen LogP contribution in [0.3, 0.4) is 0 Å². The number of rotatable bonds is 2. The molecular weight excluding hydrogens is 276 g/mol. The standard InChI is InChI=1S/C9H7BrN4O2/c10-5-1-3-6(4-2-5)14-9(16)7(8(11)15)12-13-14/h1-4,13H,(H2,11,15). The van der Waals surface area contributed by atoms with E-state index in [-0.39, 0.29) is 5.69 Å². The fourth-order valence-corrected chi connectivity index (χ4v) is 1.49. The molecule has 0 aliphatic heterocycles. The van der Waals surface area contributed by atoms with Crippen LogP contribution in [0.25, 0.3) is 5.69 Å². The summed E-state index contributed by atoms with van der Waals surface area (Å²) in [6.07, 6.45) is 0. The molecule has 82 valence electrons. The normalized spacial score (nSPS) is 10.3. The average molecular weight is 283 g/mol. The number of nitrogens with two attached hydrogens (primary N) is 1. The zero-order valence-electron chi connectivity index (χ0n) is 7.98. The van der Waals surface area contributed by atoms with Crippen molar-refractivity contribution in [2.24, 2.45) is 5.73 Å². The summed E-state index contributed by atoms with van der Waals surface area (Å²) in [7, 11) is 0. The van der Waals surface area contributed by atoms with Crippen molar-refractivity contribution in [2.45, 2.75) is 0 Å². The van der Waals surface area contributed by atoms with E-state index in [9.17, 15) is 9.59 Å². The summed E-state index contributed by atoms with van der Waals surface area (Å²) in [5, 5.41) is 5.98. The number of nitrogens with one attached hydrogen (secondary N) is 1. The van der Waals surface area contributed by atoms with Gasteiger partial charge in [0, 0.05) is 4.47 Å². The third-order valence-electron chi connectivity index (χ3n) is 1.99. The first-order valence-electron chi connectivity index (χ1n) is 4.33. The first-order valence-corrected chi connectivity index (χ1v) is 5.12. The predicted octanol–water partition coefficient (Wildman–Crippen LogP) is 0.422. The van der Waals surface area contributed by atoms with Gasteiger partial charge in [0.25, 0.3) is 5.91 Å². The van der Waals surface area contributed by atoms with E-state index in [4.69, 9.17) is 5.73 Å². The second kappa shape index (κ2) is 3.93. The van der Waals surface area contributed by atoms with E-state index in [2.05, 4.69) is 26.2 Å². The summed E-state index contributed by atoms with van der Waals surface area (Å²) in [6, 6.07) is 6.95. The molecule has 0 unspecified atom stereocenters. The van der Waals surface area contributed by atoms with Crippen molar-refractivity contribution >= 4 is 21.8 Å². The SMILES string of the molecule is NC(=O)c1n[nH]n(-c2ccc(Br)cc2)c1=O. The molecule has 0 radical (unpaired) electrons. The van der Waals surface area contributed by atoms with E-state index in [0.717, 1.165) is 9.15 Å². The Hall–Kier alpha value is -1.89. The minimum Gasteiger partial charge on any atom is -0.364 e. The van der Waals surface area contributed by atoms with Crippen LogP contribution in [0.15, 0.2) is 33.5 Å². The molecular formula is C9H7BrN4O2. The largest absolute Gasteiger partial charge is 0.364 e. The number of carbonyl (C=O) groups is 1. The second-order valence-electron chi connectivity index (χ2n) is 3.04. The van der Waals surface area contributed by atoms with Gasteiger partial charge in [0.05, 0.1) is 5.69 Å². The van der Waals surface area contributed by atoms with Crippen LogP contribution in [-0.2, 0) is 0 Å². The van der Waals surface area contributed by atoms with Crippen LogP contribution in [0, 0.1) is 0 Å². The smallest absolute Gasteiger partial charge is 0.304 e. The van der Waals surface area contributed by atoms with Crippen molar-refractivity contribution in [1.29, 1.82) is 0 Å². The van der Waals surface area contributed by atoms with Crippen molar-refractivity contribution in [3.05, 3.63) is 44.8 Å². The molecule has 1 aromatic carbocycles. The van der Waals surface area contributed by atoms with E-state index in [1.807, 2.05) is 0 Å². The fraction of sp³-hybridized carbons (Fsp3) is 0. The maximum atomic E-state index is 11.7. The summed E-state index contributed by atoms with van der Waals surface area (Å²) in [5.74, 6) is -0.850. The third-order valence-corrected chi connectivity index (χ3v) is 2.51. The fourth-order valence-electron chi connectivity index (χ4n) is 1.22. The van der Waals surface area contributed by atoms with Gasteiger partial charge in [-0.2, -0.15) is 0 Å². The van der Waals surface area contributed by atoms with E-state index in [1.165, 1.54) is 0 Å². The summed E-state index contributed by atoms with van der Waals surface area (Å²) < 4.78 is 2.03. The maximum Gasteiger partial charge on any atom is 0.304 e. The topological polar surface area (TPSA) is 93.8 Å². The van der Waals surface area contributed by atoms with Crippen LogP contribution in [0.4, 0.5) is 0 Å². The molecule has 2 rings (SSSR count). The quantitative estimate of drug-likeness (QED) is 0.836. The molecule has 16 heavy (non-hydrogen) atoms. The molecule has 0 atom stereocenters. The van der Waals surface area contributed by atoms with Gasteiger partial charge in [-0.15, -0.1) is 5.10 Å². The number of hydrogen-bond donors (Lipinski definition) is 2. The molecule has 0 saturated heterocycles. The Morgan fingerprint density at radius 2 is 2.00 bits per heavy atom. The zero-order chi connectivity index (χ0) is 11.7. The number of halogens is 1. The first-order chi connectivity index (χ1) is 7.59. The Bertz CT molecular complexity index is 584. The van der Waals surface area contributed by atoms with Gasteiger partial charge >= 0.3 is 5.56 Å². The van der Waals surface area contributed by atoms with Crippen LogP contribution < -0.4 is 11.3 Å². The number of hydrogen-bond acceptors (Lipinski definition) is 3. The van der Waals surface area contributed by atoms with E-state index in [0.29, 0.717) is 5.69 Å². The number of aromatic nitrogens is 3. The number of amides is 1. The molecule has 1 amide bonds. The van der Waals surface area contributed by atoms with Crippen LogP contribution in [0.2, 0.25) is 0 Å². The molecule has 0 saturated carbocycles. The van der Waals surface area contributed by atoms with Crippen LogP contribution >= 0.6 is 15.9 Å². The average Bonchev–Trinajstić information content (AvgIpc) is 2.61. The lowest BCUT2D eigenvalue weighted by Gasteiger charge is -1.99. The Morgan fingerprint density at radius 1 is 1.38 bits per heavy atom. The minimum atomic E-state index is -0.850. The number of H-pyrrole nitrogens is 1. The predicted molar refractivity (Wildman–Crippen MR) is 60.4 cm³/mol. The van der Waals surface area contributed by atoms with Gasteiger partial charge in [-0.25, -0.2) is 9.90 Å². The number of benzene rings is 1. The highest BCUT2D eigenvalue weighted by molar-refractivity contribution is 9.10. The highest BCUT2D eigenvalue weighted by atomic mass is 79.9. The Balaban J connectivity index is 2.53. The summed E-state index contributed by atoms with van der Waals surface area (Å²) >= 11 is 3.28. The number of primary amides is 1. The molecule has 0 fully saturated rings. The summed E-state index contributed by atoms with van der Waals surface area (Å²) in [4.78, 5) is 22.5. The minimum absolute atomic E-state index is 0.303. The number of carbonyl (C=O) groups excluding carboxylic acids is 1. The monoisotopic (exact) mass is 282 g/mol. The first kappa shape index (κ1) is 10.6. The lowest BCUT2D eigenvalue weighted by Crippen LogP contribution is -2.24. The van der Waals surface area contributed by atoms with Gasteiger partial charge in [0.15, 0.2) is 0 Å². The molecule has 0 spiro atoms. The van der Waals surface area contributed by atoms with Gasteiger partial charge in [0.1, 0.15) is 0 Å². The van der Waals surface area contributed by atoms with Gasteiger partial charge in [-0.05, 0) is 24.3 Å². The number of aromatic amines is 1. The van der Waals surface area contributed by atoms with E-state index < -0.39 is 11.5 Å². The maximum absolute atomic E-state index is 11.7. The molecule has 1 aromatic heterocycles. The van der Waals surface area contributed by atoms with Crippen molar-refractivity contribution in [3.8, 4) is 5.69 Å². The molecule has 3 N–H and O–H groups in total. The third kappa shape index (κ3) is 1.76. The van der Waals surface area contributed by atoms with Crippen molar-refractivity contribution in [3.63, 3.8) is 0 Å². The van der Waals surface area contributed by atoms with E-state index in [1.54, 1.807) is 24.3 Å². The molecule has 0 aliphatic carbocycles. The Morgan fingerprint density at radius 3 is 2.50 bits per heavy atom. The molecule has 1 heterocycles. The van der Waals surface area contributed by atoms with Crippen LogP contribution in [0.1, 0.15) is 10.5 Å². The molecule has 2 aromatic rings. The van der Waals surface area contributed by atoms with Crippen LogP contribution in [0.5, 0.6) is 0 Å². The molecule has 6 nitrogen and oxygen atoms in total. The Kier molecular flexibility index (Phi) is 2.61. The molecule has 7 heteroatoms. The summed E-state index contributed by atoms with van der Waals surface area (Å²) in [6.45, 7) is 0. The highest BCUT2D eigenvalue weighted by Crippen LogP contribution is 2.11. The Labute approximate surface area is 98.2 Å². The summed E-state index contributed by atoms with van der Waals surface area (Å²) in [5.41, 5.74) is 4.70. The molecule has 0 aliphatic rings.